The Morgan fingerprint density at radius 3 is 2.00 bits per heavy atom. The Kier molecular flexibility index (Phi) is 5.51. The molecule has 3 unspecified atom stereocenters. The highest BCUT2D eigenvalue weighted by Crippen LogP contribution is 2.13. The minimum atomic E-state index is -0.338. The summed E-state index contributed by atoms with van der Waals surface area (Å²) in [5.74, 6) is 0.302. The predicted octanol–water partition coefficient (Wildman–Crippen LogP) is 1.55. The van der Waals surface area contributed by atoms with Gasteiger partial charge in [0.2, 0.25) is 0 Å². The second-order valence-corrected chi connectivity index (χ2v) is 3.25. The van der Waals surface area contributed by atoms with E-state index in [4.69, 9.17) is 0 Å². The van der Waals surface area contributed by atoms with Crippen LogP contribution in [0.2, 0.25) is 0 Å². The molecule has 0 aliphatic rings. The van der Waals surface area contributed by atoms with Crippen LogP contribution >= 0.6 is 0 Å². The van der Waals surface area contributed by atoms with Crippen LogP contribution in [0.3, 0.4) is 0 Å². The third-order valence-electron chi connectivity index (χ3n) is 2.29. The third-order valence-corrected chi connectivity index (χ3v) is 2.29. The van der Waals surface area contributed by atoms with Gasteiger partial charge < -0.3 is 10.2 Å². The van der Waals surface area contributed by atoms with Crippen LogP contribution in [0.15, 0.2) is 0 Å². The molecule has 68 valence electrons. The quantitative estimate of drug-likeness (QED) is 0.640. The molecule has 0 aromatic carbocycles. The molecule has 0 bridgehead atoms. The summed E-state index contributed by atoms with van der Waals surface area (Å²) >= 11 is 0. The Morgan fingerprint density at radius 2 is 1.64 bits per heavy atom. The van der Waals surface area contributed by atoms with Crippen molar-refractivity contribution in [2.75, 3.05) is 0 Å². The van der Waals surface area contributed by atoms with Gasteiger partial charge in [-0.25, -0.2) is 0 Å². The zero-order chi connectivity index (χ0) is 8.85. The van der Waals surface area contributed by atoms with Crippen LogP contribution < -0.4 is 0 Å². The fourth-order valence-corrected chi connectivity index (χ4v) is 0.950. The van der Waals surface area contributed by atoms with Crippen molar-refractivity contribution < 1.29 is 10.2 Å². The lowest BCUT2D eigenvalue weighted by atomic mass is 9.96. The average molecular weight is 160 g/mol. The minimum Gasteiger partial charge on any atom is -0.393 e. The molecule has 0 spiro atoms. The second kappa shape index (κ2) is 5.56. The molecule has 0 aromatic rings. The molecule has 2 N–H and O–H groups in total. The molecule has 2 heteroatoms. The van der Waals surface area contributed by atoms with Crippen molar-refractivity contribution in [3.63, 3.8) is 0 Å². The van der Waals surface area contributed by atoms with Gasteiger partial charge in [-0.3, -0.25) is 0 Å². The summed E-state index contributed by atoms with van der Waals surface area (Å²) in [7, 11) is 0. The first-order valence-electron chi connectivity index (χ1n) is 4.47. The van der Waals surface area contributed by atoms with Crippen LogP contribution in [0.1, 0.15) is 40.0 Å². The molecular weight excluding hydrogens is 140 g/mol. The highest BCUT2D eigenvalue weighted by atomic mass is 16.3. The van der Waals surface area contributed by atoms with Gasteiger partial charge in [-0.2, -0.15) is 0 Å². The minimum absolute atomic E-state index is 0.302. The van der Waals surface area contributed by atoms with Gasteiger partial charge in [0.05, 0.1) is 12.2 Å². The van der Waals surface area contributed by atoms with E-state index in [0.717, 1.165) is 12.8 Å². The highest BCUT2D eigenvalue weighted by molar-refractivity contribution is 4.66. The van der Waals surface area contributed by atoms with E-state index < -0.39 is 0 Å². The second-order valence-electron chi connectivity index (χ2n) is 3.25. The Hall–Kier alpha value is -0.0800. The van der Waals surface area contributed by atoms with E-state index in [9.17, 15) is 10.2 Å². The van der Waals surface area contributed by atoms with Gasteiger partial charge >= 0.3 is 0 Å². The number of hydrogen-bond acceptors (Lipinski definition) is 2. The van der Waals surface area contributed by atoms with Crippen molar-refractivity contribution in [2.24, 2.45) is 5.92 Å². The predicted molar refractivity (Wildman–Crippen MR) is 46.4 cm³/mol. The summed E-state index contributed by atoms with van der Waals surface area (Å²) in [5, 5.41) is 18.7. The molecule has 0 saturated carbocycles. The fraction of sp³-hybridized carbons (Fsp3) is 1.00. The van der Waals surface area contributed by atoms with E-state index in [1.165, 1.54) is 0 Å². The van der Waals surface area contributed by atoms with Gasteiger partial charge in [0.1, 0.15) is 0 Å². The number of aliphatic hydroxyl groups excluding tert-OH is 2. The molecule has 0 aliphatic carbocycles. The molecule has 11 heavy (non-hydrogen) atoms. The Balaban J connectivity index is 3.58. The number of aliphatic hydroxyl groups is 2. The maximum Gasteiger partial charge on any atom is 0.0590 e. The van der Waals surface area contributed by atoms with Crippen LogP contribution in [-0.4, -0.2) is 22.4 Å². The normalized spacial score (nSPS) is 19.4. The molecule has 0 amide bonds. The summed E-state index contributed by atoms with van der Waals surface area (Å²) in [4.78, 5) is 0. The van der Waals surface area contributed by atoms with Crippen molar-refractivity contribution in [1.82, 2.24) is 0 Å². The lowest BCUT2D eigenvalue weighted by Crippen LogP contribution is -2.23. The van der Waals surface area contributed by atoms with Gasteiger partial charge in [0.25, 0.3) is 0 Å². The van der Waals surface area contributed by atoms with Gasteiger partial charge in [0.15, 0.2) is 0 Å². The van der Waals surface area contributed by atoms with E-state index in [1.54, 1.807) is 0 Å². The van der Waals surface area contributed by atoms with E-state index >= 15 is 0 Å². The maximum atomic E-state index is 9.46. The first-order chi connectivity index (χ1) is 5.11. The molecule has 3 atom stereocenters. The van der Waals surface area contributed by atoms with E-state index in [1.807, 2.05) is 20.8 Å². The Bertz CT molecular complexity index is 93.6. The Labute approximate surface area is 69.2 Å². The van der Waals surface area contributed by atoms with Crippen LogP contribution in [-0.2, 0) is 0 Å². The fourth-order valence-electron chi connectivity index (χ4n) is 0.950. The van der Waals surface area contributed by atoms with E-state index in [0.29, 0.717) is 12.3 Å². The van der Waals surface area contributed by atoms with Gasteiger partial charge in [0, 0.05) is 0 Å². The van der Waals surface area contributed by atoms with E-state index in [2.05, 4.69) is 0 Å². The zero-order valence-corrected chi connectivity index (χ0v) is 7.75. The maximum absolute atomic E-state index is 9.46. The lowest BCUT2D eigenvalue weighted by molar-refractivity contribution is 0.0461. The summed E-state index contributed by atoms with van der Waals surface area (Å²) in [5.41, 5.74) is 0. The summed E-state index contributed by atoms with van der Waals surface area (Å²) < 4.78 is 0. The van der Waals surface area contributed by atoms with Crippen LogP contribution in [0.25, 0.3) is 0 Å². The smallest absolute Gasteiger partial charge is 0.0590 e. The first-order valence-corrected chi connectivity index (χ1v) is 4.47. The van der Waals surface area contributed by atoms with Crippen LogP contribution in [0.5, 0.6) is 0 Å². The summed E-state index contributed by atoms with van der Waals surface area (Å²) in [6.07, 6.45) is 1.55. The molecule has 0 fully saturated rings. The van der Waals surface area contributed by atoms with Crippen molar-refractivity contribution in [1.29, 1.82) is 0 Å². The number of hydrogen-bond donors (Lipinski definition) is 2. The molecule has 0 saturated heterocycles. The zero-order valence-electron chi connectivity index (χ0n) is 7.75. The summed E-state index contributed by atoms with van der Waals surface area (Å²) in [6.45, 7) is 5.98. The standard InChI is InChI=1S/C9H20O2/c1-4-7(3)9(11)6-8(10)5-2/h7-11H,4-6H2,1-3H3. The summed E-state index contributed by atoms with van der Waals surface area (Å²) in [6, 6.07) is 0. The molecule has 2 nitrogen and oxygen atoms in total. The highest BCUT2D eigenvalue weighted by Gasteiger charge is 2.15. The number of rotatable bonds is 5. The van der Waals surface area contributed by atoms with Crippen molar-refractivity contribution in [3.05, 3.63) is 0 Å². The molecular formula is C9H20O2. The monoisotopic (exact) mass is 160 g/mol. The molecule has 0 rings (SSSR count). The average Bonchev–Trinajstić information content (AvgIpc) is 2.02. The third kappa shape index (κ3) is 4.38. The SMILES string of the molecule is CCC(O)CC(O)C(C)CC. The molecule has 0 heterocycles. The van der Waals surface area contributed by atoms with Gasteiger partial charge in [-0.1, -0.05) is 27.2 Å². The Morgan fingerprint density at radius 1 is 1.09 bits per heavy atom. The molecule has 0 aliphatic heterocycles. The molecule has 0 radical (unpaired) electrons. The van der Waals surface area contributed by atoms with Crippen molar-refractivity contribution in [2.45, 2.75) is 52.2 Å². The van der Waals surface area contributed by atoms with Gasteiger partial charge in [-0.05, 0) is 18.8 Å². The van der Waals surface area contributed by atoms with Crippen LogP contribution in [0, 0.1) is 5.92 Å². The van der Waals surface area contributed by atoms with Gasteiger partial charge in [-0.15, -0.1) is 0 Å². The van der Waals surface area contributed by atoms with Crippen molar-refractivity contribution >= 4 is 0 Å². The first kappa shape index (κ1) is 10.9. The topological polar surface area (TPSA) is 40.5 Å². The largest absolute Gasteiger partial charge is 0.393 e. The van der Waals surface area contributed by atoms with Crippen molar-refractivity contribution in [3.8, 4) is 0 Å². The molecule has 0 aromatic heterocycles. The van der Waals surface area contributed by atoms with E-state index in [-0.39, 0.29) is 12.2 Å². The lowest BCUT2D eigenvalue weighted by Gasteiger charge is -2.19. The van der Waals surface area contributed by atoms with Crippen LogP contribution in [0.4, 0.5) is 0 Å².